The maximum atomic E-state index is 13.8. The highest BCUT2D eigenvalue weighted by Crippen LogP contribution is 2.27. The molecule has 4 aromatic rings. The van der Waals surface area contributed by atoms with Gasteiger partial charge in [-0.15, -0.1) is 0 Å². The number of hydrogen-bond donors (Lipinski definition) is 1. The molecule has 4 rings (SSSR count). The van der Waals surface area contributed by atoms with Crippen LogP contribution in [0.15, 0.2) is 103 Å². The molecule has 0 aliphatic carbocycles. The number of aryl methyl sites for hydroxylation is 1. The van der Waals surface area contributed by atoms with Crippen molar-refractivity contribution in [3.63, 3.8) is 0 Å². The summed E-state index contributed by atoms with van der Waals surface area (Å²) in [5.41, 5.74) is 3.64. The third-order valence-corrected chi connectivity index (χ3v) is 6.60. The summed E-state index contributed by atoms with van der Waals surface area (Å²) < 4.78 is 11.1. The van der Waals surface area contributed by atoms with E-state index in [0.717, 1.165) is 16.7 Å². The van der Waals surface area contributed by atoms with Gasteiger partial charge in [0.25, 0.3) is 5.91 Å². The number of hydrogen-bond acceptors (Lipinski definition) is 4. The zero-order chi connectivity index (χ0) is 27.6. The number of carbonyl (C=O) groups is 2. The zero-order valence-corrected chi connectivity index (χ0v) is 22.7. The van der Waals surface area contributed by atoms with Gasteiger partial charge in [-0.25, -0.2) is 0 Å². The van der Waals surface area contributed by atoms with Crippen LogP contribution in [-0.2, 0) is 22.7 Å². The number of halogens is 1. The number of para-hydroxylation sites is 1. The number of carbonyl (C=O) groups excluding carboxylic acids is 2. The van der Waals surface area contributed by atoms with Gasteiger partial charge in [0.05, 0.1) is 12.1 Å². The largest absolute Gasteiger partial charge is 0.497 e. The quantitative estimate of drug-likeness (QED) is 0.248. The number of amides is 2. The minimum atomic E-state index is -0.888. The average Bonchev–Trinajstić information content (AvgIpc) is 2.97. The molecule has 200 valence electrons. The minimum absolute atomic E-state index is 0.187. The van der Waals surface area contributed by atoms with E-state index in [1.165, 1.54) is 0 Å². The van der Waals surface area contributed by atoms with Crippen molar-refractivity contribution in [1.29, 1.82) is 0 Å². The van der Waals surface area contributed by atoms with Gasteiger partial charge in [0, 0.05) is 13.1 Å². The maximum absolute atomic E-state index is 13.8. The fourth-order valence-electron chi connectivity index (χ4n) is 4.14. The first-order chi connectivity index (χ1) is 18.9. The second-order valence-electron chi connectivity index (χ2n) is 9.11. The normalized spacial score (nSPS) is 11.4. The van der Waals surface area contributed by atoms with Gasteiger partial charge in [0.2, 0.25) is 5.91 Å². The number of rotatable bonds is 11. The van der Waals surface area contributed by atoms with Crippen molar-refractivity contribution in [3.05, 3.63) is 130 Å². The van der Waals surface area contributed by atoms with Crippen LogP contribution in [0.1, 0.15) is 28.3 Å². The number of nitrogens with one attached hydrogen (secondary N) is 1. The molecule has 1 atom stereocenters. The van der Waals surface area contributed by atoms with Gasteiger partial charge in [-0.05, 0) is 47.9 Å². The molecule has 7 heteroatoms. The van der Waals surface area contributed by atoms with Gasteiger partial charge in [-0.1, -0.05) is 96.0 Å². The molecule has 0 aliphatic rings. The van der Waals surface area contributed by atoms with E-state index in [4.69, 9.17) is 21.1 Å². The Hall–Kier alpha value is -4.29. The van der Waals surface area contributed by atoms with Crippen molar-refractivity contribution in [3.8, 4) is 11.5 Å². The molecule has 0 aromatic heterocycles. The lowest BCUT2D eigenvalue weighted by molar-refractivity contribution is -0.143. The van der Waals surface area contributed by atoms with Crippen molar-refractivity contribution in [1.82, 2.24) is 10.2 Å². The van der Waals surface area contributed by atoms with Crippen molar-refractivity contribution in [2.75, 3.05) is 13.7 Å². The van der Waals surface area contributed by atoms with Crippen LogP contribution in [0.25, 0.3) is 0 Å². The highest BCUT2D eigenvalue weighted by atomic mass is 35.5. The molecule has 2 amide bonds. The molecule has 0 saturated carbocycles. The van der Waals surface area contributed by atoms with Gasteiger partial charge < -0.3 is 19.7 Å². The lowest BCUT2D eigenvalue weighted by Crippen LogP contribution is -2.45. The van der Waals surface area contributed by atoms with Gasteiger partial charge in [0.1, 0.15) is 17.5 Å². The number of methoxy groups -OCH3 is 1. The smallest absolute Gasteiger partial charge is 0.261 e. The minimum Gasteiger partial charge on any atom is -0.497 e. The molecular weight excluding hydrogens is 512 g/mol. The van der Waals surface area contributed by atoms with Gasteiger partial charge >= 0.3 is 0 Å². The van der Waals surface area contributed by atoms with E-state index >= 15 is 0 Å². The lowest BCUT2D eigenvalue weighted by Gasteiger charge is -2.31. The van der Waals surface area contributed by atoms with E-state index in [9.17, 15) is 9.59 Å². The molecule has 1 N–H and O–H groups in total. The van der Waals surface area contributed by atoms with Gasteiger partial charge in [-0.3, -0.25) is 9.59 Å². The van der Waals surface area contributed by atoms with Crippen molar-refractivity contribution >= 4 is 23.4 Å². The summed E-state index contributed by atoms with van der Waals surface area (Å²) in [7, 11) is 1.60. The summed E-state index contributed by atoms with van der Waals surface area (Å²) in [4.78, 5) is 29.0. The third kappa shape index (κ3) is 7.62. The fourth-order valence-corrected chi connectivity index (χ4v) is 4.33. The fraction of sp³-hybridized carbons (Fsp3) is 0.188. The van der Waals surface area contributed by atoms with Crippen LogP contribution >= 0.6 is 11.6 Å². The molecule has 0 saturated heterocycles. The number of benzene rings is 4. The Bertz CT molecular complexity index is 1380. The van der Waals surface area contributed by atoms with Gasteiger partial charge in [-0.2, -0.15) is 0 Å². The first kappa shape index (κ1) is 27.7. The first-order valence-corrected chi connectivity index (χ1v) is 13.0. The average molecular weight is 543 g/mol. The molecule has 0 aliphatic heterocycles. The van der Waals surface area contributed by atoms with Crippen molar-refractivity contribution < 1.29 is 19.1 Å². The molecule has 39 heavy (non-hydrogen) atoms. The molecule has 0 fully saturated rings. The Kier molecular flexibility index (Phi) is 9.59. The second-order valence-corrected chi connectivity index (χ2v) is 9.51. The summed E-state index contributed by atoms with van der Waals surface area (Å²) in [5, 5.41) is 3.43. The molecule has 0 spiro atoms. The third-order valence-electron chi connectivity index (χ3n) is 6.28. The monoisotopic (exact) mass is 542 g/mol. The molecular formula is C32H31ClN2O4. The Morgan fingerprint density at radius 1 is 0.846 bits per heavy atom. The molecule has 0 unspecified atom stereocenters. The first-order valence-electron chi connectivity index (χ1n) is 12.6. The second kappa shape index (κ2) is 13.5. The molecule has 0 bridgehead atoms. The van der Waals surface area contributed by atoms with Crippen LogP contribution in [0.3, 0.4) is 0 Å². The Morgan fingerprint density at radius 3 is 2.15 bits per heavy atom. The highest BCUT2D eigenvalue weighted by molar-refractivity contribution is 6.32. The number of ether oxygens (including phenoxy) is 2. The van der Waals surface area contributed by atoms with E-state index in [1.54, 1.807) is 36.3 Å². The van der Waals surface area contributed by atoms with Gasteiger partial charge in [0.15, 0.2) is 6.61 Å². The standard InChI is InChI=1S/C32H31ClN2O4/c1-23-12-14-24(15-13-23)20-34-32(37)31(26-8-4-3-5-9-26)35(21-25-16-18-27(38-2)19-17-25)30(36)22-39-29-11-7-6-10-28(29)33/h3-19,31H,20-22H2,1-2H3,(H,34,37)/t31-/m1/s1. The number of nitrogens with zero attached hydrogens (tertiary/aromatic N) is 1. The summed E-state index contributed by atoms with van der Waals surface area (Å²) in [6.45, 7) is 2.25. The topological polar surface area (TPSA) is 67.9 Å². The Labute approximate surface area is 234 Å². The summed E-state index contributed by atoms with van der Waals surface area (Å²) in [6, 6.07) is 30.7. The summed E-state index contributed by atoms with van der Waals surface area (Å²) in [5.74, 6) is 0.456. The zero-order valence-electron chi connectivity index (χ0n) is 22.0. The maximum Gasteiger partial charge on any atom is 0.261 e. The SMILES string of the molecule is COc1ccc(CN(C(=O)COc2ccccc2Cl)[C@@H](C(=O)NCc2ccc(C)cc2)c2ccccc2)cc1. The van der Waals surface area contributed by atoms with Crippen molar-refractivity contribution in [2.24, 2.45) is 0 Å². The highest BCUT2D eigenvalue weighted by Gasteiger charge is 2.32. The summed E-state index contributed by atoms with van der Waals surface area (Å²) >= 11 is 6.24. The van der Waals surface area contributed by atoms with E-state index in [1.807, 2.05) is 85.8 Å². The lowest BCUT2D eigenvalue weighted by atomic mass is 10.0. The van der Waals surface area contributed by atoms with E-state index in [0.29, 0.717) is 28.6 Å². The Morgan fingerprint density at radius 2 is 1.49 bits per heavy atom. The van der Waals surface area contributed by atoms with Crippen LogP contribution in [0.4, 0.5) is 0 Å². The molecule has 0 heterocycles. The van der Waals surface area contributed by atoms with Crippen LogP contribution in [-0.4, -0.2) is 30.4 Å². The Balaban J connectivity index is 1.63. The van der Waals surface area contributed by atoms with Crippen molar-refractivity contribution in [2.45, 2.75) is 26.1 Å². The summed E-state index contributed by atoms with van der Waals surface area (Å²) in [6.07, 6.45) is 0. The molecule has 6 nitrogen and oxygen atoms in total. The van der Waals surface area contributed by atoms with E-state index in [-0.39, 0.29) is 25.0 Å². The van der Waals surface area contributed by atoms with Crippen LogP contribution in [0, 0.1) is 6.92 Å². The predicted octanol–water partition coefficient (Wildman–Crippen LogP) is 6.12. The van der Waals surface area contributed by atoms with Crippen LogP contribution in [0.5, 0.6) is 11.5 Å². The van der Waals surface area contributed by atoms with Crippen LogP contribution < -0.4 is 14.8 Å². The van der Waals surface area contributed by atoms with E-state index in [2.05, 4.69) is 5.32 Å². The molecule has 0 radical (unpaired) electrons. The molecule has 4 aromatic carbocycles. The van der Waals surface area contributed by atoms with E-state index < -0.39 is 6.04 Å². The van der Waals surface area contributed by atoms with Crippen LogP contribution in [0.2, 0.25) is 5.02 Å². The predicted molar refractivity (Wildman–Crippen MR) is 153 cm³/mol.